The van der Waals surface area contributed by atoms with Gasteiger partial charge >= 0.3 is 0 Å². The van der Waals surface area contributed by atoms with Crippen LogP contribution in [0.15, 0.2) is 134 Å². The van der Waals surface area contributed by atoms with Crippen LogP contribution in [0.25, 0.3) is 88.3 Å². The van der Waals surface area contributed by atoms with Gasteiger partial charge in [-0.2, -0.15) is 0 Å². The lowest BCUT2D eigenvalue weighted by Gasteiger charge is -2.13. The molecule has 9 aromatic rings. The molecule has 0 bridgehead atoms. The molecular weight excluding hydrogens is 512 g/mol. The van der Waals surface area contributed by atoms with E-state index in [1.54, 1.807) is 0 Å². The second-order valence-corrected chi connectivity index (χ2v) is 11.0. The van der Waals surface area contributed by atoms with E-state index in [2.05, 4.69) is 135 Å². The Morgan fingerprint density at radius 2 is 1.05 bits per heavy atom. The normalized spacial score (nSPS) is 12.3. The Morgan fingerprint density at radius 1 is 0.429 bits per heavy atom. The fourth-order valence-corrected chi connectivity index (χ4v) is 7.28. The van der Waals surface area contributed by atoms with Gasteiger partial charge in [0.25, 0.3) is 0 Å². The smallest absolute Gasteiger partial charge is 0.146 e. The number of hydrogen-bond donors (Lipinski definition) is 0. The number of rotatable bonds is 2. The molecule has 0 unspecified atom stereocenters. The Kier molecular flexibility index (Phi) is 4.15. The third-order valence-electron chi connectivity index (χ3n) is 8.96. The molecule has 0 radical (unpaired) electrons. The molecule has 5 aromatic carbocycles. The average Bonchev–Trinajstić information content (AvgIpc) is 3.68. The molecule has 0 aliphatic heterocycles. The molecule has 0 amide bonds. The van der Waals surface area contributed by atoms with Crippen molar-refractivity contribution in [3.05, 3.63) is 134 Å². The van der Waals surface area contributed by atoms with Crippen molar-refractivity contribution in [3.63, 3.8) is 0 Å². The third kappa shape index (κ3) is 2.71. The minimum atomic E-state index is 0.951. The van der Waals surface area contributed by atoms with Crippen LogP contribution >= 0.6 is 0 Å². The Bertz CT molecular complexity index is 2530. The number of aromatic nitrogens is 4. The summed E-state index contributed by atoms with van der Waals surface area (Å²) in [6, 6.07) is 43.6. The number of nitrogens with zero attached hydrogens (tertiary/aromatic N) is 4. The first kappa shape index (κ1) is 22.0. The van der Waals surface area contributed by atoms with Gasteiger partial charge in [0.2, 0.25) is 0 Å². The largest absolute Gasteiger partial charge is 0.309 e. The van der Waals surface area contributed by atoms with Gasteiger partial charge in [-0.05, 0) is 71.3 Å². The van der Waals surface area contributed by atoms with Gasteiger partial charge in [-0.15, -0.1) is 0 Å². The van der Waals surface area contributed by atoms with Crippen molar-refractivity contribution >= 4 is 54.5 Å². The van der Waals surface area contributed by atoms with E-state index in [0.29, 0.717) is 0 Å². The van der Waals surface area contributed by atoms with E-state index in [-0.39, 0.29) is 0 Å². The van der Waals surface area contributed by atoms with Crippen molar-refractivity contribution in [2.24, 2.45) is 0 Å². The van der Waals surface area contributed by atoms with Gasteiger partial charge in [0.15, 0.2) is 0 Å². The highest BCUT2D eigenvalue weighted by atomic mass is 15.1. The van der Waals surface area contributed by atoms with E-state index < -0.39 is 0 Å². The molecule has 0 saturated carbocycles. The maximum Gasteiger partial charge on any atom is 0.146 e. The predicted octanol–water partition coefficient (Wildman–Crippen LogP) is 9.47. The van der Waals surface area contributed by atoms with Crippen molar-refractivity contribution in [3.8, 4) is 33.8 Å². The molecule has 4 nitrogen and oxygen atoms in total. The minimum absolute atomic E-state index is 0.951. The number of pyridine rings is 2. The highest BCUT2D eigenvalue weighted by molar-refractivity contribution is 6.17. The number of para-hydroxylation sites is 3. The molecule has 0 spiro atoms. The molecule has 1 aliphatic rings. The van der Waals surface area contributed by atoms with Gasteiger partial charge in [0.05, 0.1) is 27.6 Å². The van der Waals surface area contributed by atoms with E-state index in [4.69, 9.17) is 4.98 Å². The van der Waals surface area contributed by atoms with Crippen LogP contribution in [-0.2, 0) is 0 Å². The molecule has 10 rings (SSSR count). The van der Waals surface area contributed by atoms with Gasteiger partial charge in [0, 0.05) is 50.6 Å². The van der Waals surface area contributed by atoms with E-state index in [9.17, 15) is 0 Å². The lowest BCUT2D eigenvalue weighted by atomic mass is 10.1. The first-order chi connectivity index (χ1) is 20.9. The molecule has 4 aromatic heterocycles. The van der Waals surface area contributed by atoms with Gasteiger partial charge in [0.1, 0.15) is 5.82 Å². The molecule has 194 valence electrons. The molecule has 0 fully saturated rings. The van der Waals surface area contributed by atoms with Crippen LogP contribution in [0.2, 0.25) is 0 Å². The zero-order chi connectivity index (χ0) is 27.4. The van der Waals surface area contributed by atoms with E-state index in [1.165, 1.54) is 60.2 Å². The van der Waals surface area contributed by atoms with Crippen LogP contribution in [0.5, 0.6) is 0 Å². The van der Waals surface area contributed by atoms with Crippen LogP contribution in [0, 0.1) is 0 Å². The van der Waals surface area contributed by atoms with Crippen molar-refractivity contribution < 1.29 is 0 Å². The fourth-order valence-electron chi connectivity index (χ4n) is 7.28. The van der Waals surface area contributed by atoms with Crippen LogP contribution < -0.4 is 0 Å². The predicted molar refractivity (Wildman–Crippen MR) is 173 cm³/mol. The van der Waals surface area contributed by atoms with Crippen molar-refractivity contribution in [2.45, 2.75) is 0 Å². The van der Waals surface area contributed by atoms with Crippen molar-refractivity contribution in [2.75, 3.05) is 0 Å². The first-order valence-electron chi connectivity index (χ1n) is 14.3. The summed E-state index contributed by atoms with van der Waals surface area (Å²) in [5.41, 5.74) is 11.7. The van der Waals surface area contributed by atoms with E-state index in [1.807, 2.05) is 12.4 Å². The summed E-state index contributed by atoms with van der Waals surface area (Å²) in [7, 11) is 0. The average molecular weight is 535 g/mol. The minimum Gasteiger partial charge on any atom is -0.309 e. The number of benzene rings is 5. The molecular formula is C38H22N4. The summed E-state index contributed by atoms with van der Waals surface area (Å²) in [5.74, 6) is 0.951. The molecule has 1 aliphatic carbocycles. The van der Waals surface area contributed by atoms with Crippen molar-refractivity contribution in [1.82, 2.24) is 19.1 Å². The quantitative estimate of drug-likeness (QED) is 0.221. The zero-order valence-electron chi connectivity index (χ0n) is 22.5. The second kappa shape index (κ2) is 7.93. The number of fused-ring (bicyclic) bond motifs is 9. The highest BCUT2D eigenvalue weighted by Crippen LogP contribution is 2.49. The Morgan fingerprint density at radius 3 is 1.81 bits per heavy atom. The molecule has 4 heteroatoms. The molecule has 42 heavy (non-hydrogen) atoms. The summed E-state index contributed by atoms with van der Waals surface area (Å²) >= 11 is 0. The first-order valence-corrected chi connectivity index (χ1v) is 14.3. The fraction of sp³-hybridized carbons (Fsp3) is 0. The Labute approximate surface area is 240 Å². The summed E-state index contributed by atoms with van der Waals surface area (Å²) in [5, 5.41) is 6.16. The standard InChI is InChI=1S/C38H22N4/c1-4-13-32-24(8-1)25-9-2-5-14-33(25)41(32)23-16-17-35-30(22-23)26-10-3-6-15-34(26)42(35)38-37-28(18-21-40-38)27-11-7-12-31-36(27)29(37)19-20-39-31/h1-22H. The zero-order valence-corrected chi connectivity index (χ0v) is 22.5. The van der Waals surface area contributed by atoms with Crippen molar-refractivity contribution in [1.29, 1.82) is 0 Å². The molecule has 0 saturated heterocycles. The Hall–Kier alpha value is -5.74. The summed E-state index contributed by atoms with van der Waals surface area (Å²) in [6.07, 6.45) is 3.86. The summed E-state index contributed by atoms with van der Waals surface area (Å²) in [4.78, 5) is 9.72. The third-order valence-corrected chi connectivity index (χ3v) is 8.96. The summed E-state index contributed by atoms with van der Waals surface area (Å²) < 4.78 is 4.73. The summed E-state index contributed by atoms with van der Waals surface area (Å²) in [6.45, 7) is 0. The number of hydrogen-bond acceptors (Lipinski definition) is 2. The molecule has 4 heterocycles. The molecule has 0 N–H and O–H groups in total. The van der Waals surface area contributed by atoms with Gasteiger partial charge in [-0.3, -0.25) is 9.55 Å². The monoisotopic (exact) mass is 534 g/mol. The lowest BCUT2D eigenvalue weighted by molar-refractivity contribution is 1.08. The van der Waals surface area contributed by atoms with Crippen LogP contribution in [0.1, 0.15) is 0 Å². The maximum absolute atomic E-state index is 5.05. The van der Waals surface area contributed by atoms with Gasteiger partial charge < -0.3 is 4.57 Å². The SMILES string of the molecule is c1cc2c3c(ccnc3c1)-c1c-2ccnc1-n1c2ccccc2c2cc(-n3c4ccccc4c4ccccc43)ccc21. The second-order valence-electron chi connectivity index (χ2n) is 11.0. The Balaban J connectivity index is 1.29. The van der Waals surface area contributed by atoms with Crippen LogP contribution in [0.4, 0.5) is 0 Å². The van der Waals surface area contributed by atoms with Gasteiger partial charge in [-0.1, -0.05) is 66.7 Å². The highest BCUT2D eigenvalue weighted by Gasteiger charge is 2.27. The van der Waals surface area contributed by atoms with E-state index in [0.717, 1.165) is 28.1 Å². The van der Waals surface area contributed by atoms with Crippen LogP contribution in [0.3, 0.4) is 0 Å². The maximum atomic E-state index is 5.05. The van der Waals surface area contributed by atoms with E-state index >= 15 is 0 Å². The molecule has 0 atom stereocenters. The lowest BCUT2D eigenvalue weighted by Crippen LogP contribution is -2.00. The van der Waals surface area contributed by atoms with Crippen LogP contribution in [-0.4, -0.2) is 19.1 Å². The topological polar surface area (TPSA) is 35.6 Å². The van der Waals surface area contributed by atoms with Gasteiger partial charge in [-0.25, -0.2) is 4.98 Å².